The van der Waals surface area contributed by atoms with Gasteiger partial charge in [0.15, 0.2) is 6.61 Å². The number of aryl methyl sites for hydroxylation is 1. The van der Waals surface area contributed by atoms with Crippen molar-refractivity contribution in [1.82, 2.24) is 0 Å². The molecule has 0 aliphatic carbocycles. The van der Waals surface area contributed by atoms with E-state index in [4.69, 9.17) is 20.8 Å². The van der Waals surface area contributed by atoms with Crippen LogP contribution >= 0.6 is 23.4 Å². The Balaban J connectivity index is 1.49. The van der Waals surface area contributed by atoms with Gasteiger partial charge in [-0.25, -0.2) is 0 Å². The molecule has 0 spiro atoms. The number of fused-ring (bicyclic) bond motifs is 2. The Morgan fingerprint density at radius 2 is 1.86 bits per heavy atom. The van der Waals surface area contributed by atoms with Crippen molar-refractivity contribution >= 4 is 46.6 Å². The van der Waals surface area contributed by atoms with Gasteiger partial charge in [-0.3, -0.25) is 14.5 Å². The Morgan fingerprint density at radius 3 is 2.68 bits per heavy atom. The number of furan rings is 1. The van der Waals surface area contributed by atoms with Crippen molar-refractivity contribution in [1.29, 1.82) is 0 Å². The predicted molar refractivity (Wildman–Crippen MR) is 107 cm³/mol. The molecule has 4 rings (SSSR count). The SMILES string of the molecule is O=C(CCc1ccco1)OCC(=O)N1c2ccccc2Sc2ccc(Cl)cc21. The van der Waals surface area contributed by atoms with E-state index in [0.29, 0.717) is 22.9 Å². The third-order valence-corrected chi connectivity index (χ3v) is 5.61. The fourth-order valence-corrected chi connectivity index (χ4v) is 4.16. The lowest BCUT2D eigenvalue weighted by Gasteiger charge is -2.31. The summed E-state index contributed by atoms with van der Waals surface area (Å²) in [6.07, 6.45) is 2.13. The summed E-state index contributed by atoms with van der Waals surface area (Å²) in [7, 11) is 0. The summed E-state index contributed by atoms with van der Waals surface area (Å²) in [6.45, 7) is -0.345. The van der Waals surface area contributed by atoms with Crippen LogP contribution in [0, 0.1) is 0 Å². The minimum Gasteiger partial charge on any atom is -0.469 e. The molecule has 0 saturated heterocycles. The number of amides is 1. The Bertz CT molecular complexity index is 1020. The van der Waals surface area contributed by atoms with E-state index in [1.807, 2.05) is 30.3 Å². The number of esters is 1. The summed E-state index contributed by atoms with van der Waals surface area (Å²) in [5.74, 6) is -0.0767. The third kappa shape index (κ3) is 3.93. The van der Waals surface area contributed by atoms with E-state index in [2.05, 4.69) is 0 Å². The predicted octanol–water partition coefficient (Wildman–Crippen LogP) is 5.24. The summed E-state index contributed by atoms with van der Waals surface area (Å²) in [4.78, 5) is 28.4. The number of ether oxygens (including phenoxy) is 1. The minimum absolute atomic E-state index is 0.148. The molecule has 0 bridgehead atoms. The highest BCUT2D eigenvalue weighted by Crippen LogP contribution is 2.48. The number of anilines is 2. The zero-order valence-electron chi connectivity index (χ0n) is 14.8. The van der Waals surface area contributed by atoms with E-state index in [1.54, 1.807) is 47.2 Å². The number of carbonyl (C=O) groups excluding carboxylic acids is 2. The van der Waals surface area contributed by atoms with Gasteiger partial charge in [0, 0.05) is 21.2 Å². The Morgan fingerprint density at radius 1 is 1.04 bits per heavy atom. The standard InChI is InChI=1S/C21H16ClNO4S/c22-14-7-9-19-17(12-14)23(16-5-1-2-6-18(16)28-19)20(24)13-27-21(25)10-8-15-4-3-11-26-15/h1-7,9,11-12H,8,10,13H2. The van der Waals surface area contributed by atoms with Crippen LogP contribution in [-0.4, -0.2) is 18.5 Å². The van der Waals surface area contributed by atoms with Crippen LogP contribution in [0.4, 0.5) is 11.4 Å². The van der Waals surface area contributed by atoms with Crippen molar-refractivity contribution < 1.29 is 18.7 Å². The van der Waals surface area contributed by atoms with Crippen LogP contribution in [0.15, 0.2) is 75.1 Å². The van der Waals surface area contributed by atoms with Crippen LogP contribution in [-0.2, 0) is 20.7 Å². The molecule has 1 amide bonds. The average molecular weight is 414 g/mol. The third-order valence-electron chi connectivity index (χ3n) is 4.25. The molecule has 0 unspecified atom stereocenters. The molecule has 0 saturated carbocycles. The van der Waals surface area contributed by atoms with E-state index >= 15 is 0 Å². The number of hydrogen-bond donors (Lipinski definition) is 0. The van der Waals surface area contributed by atoms with Crippen molar-refractivity contribution in [2.45, 2.75) is 22.6 Å². The van der Waals surface area contributed by atoms with Crippen molar-refractivity contribution in [3.8, 4) is 0 Å². The first kappa shape index (κ1) is 18.7. The first-order valence-corrected chi connectivity index (χ1v) is 9.88. The highest BCUT2D eigenvalue weighted by Gasteiger charge is 2.29. The number of para-hydroxylation sites is 1. The van der Waals surface area contributed by atoms with Crippen molar-refractivity contribution in [2.24, 2.45) is 0 Å². The monoisotopic (exact) mass is 413 g/mol. The molecule has 0 radical (unpaired) electrons. The second kappa shape index (κ2) is 8.12. The van der Waals surface area contributed by atoms with Crippen LogP contribution < -0.4 is 4.90 Å². The molecule has 2 aromatic carbocycles. The van der Waals surface area contributed by atoms with Crippen molar-refractivity contribution in [3.63, 3.8) is 0 Å². The molecule has 1 aliphatic rings. The molecule has 0 fully saturated rings. The molecule has 7 heteroatoms. The molecule has 1 aromatic heterocycles. The molecule has 5 nitrogen and oxygen atoms in total. The molecule has 28 heavy (non-hydrogen) atoms. The molecule has 2 heterocycles. The molecular weight excluding hydrogens is 398 g/mol. The second-order valence-electron chi connectivity index (χ2n) is 6.15. The van der Waals surface area contributed by atoms with E-state index < -0.39 is 5.97 Å². The summed E-state index contributed by atoms with van der Waals surface area (Å²) in [6, 6.07) is 16.6. The fourth-order valence-electron chi connectivity index (χ4n) is 2.96. The highest BCUT2D eigenvalue weighted by molar-refractivity contribution is 7.99. The van der Waals surface area contributed by atoms with Crippen LogP contribution in [0.2, 0.25) is 5.02 Å². The number of benzene rings is 2. The van der Waals surface area contributed by atoms with Gasteiger partial charge in [0.05, 0.1) is 24.1 Å². The van der Waals surface area contributed by atoms with Crippen LogP contribution in [0.1, 0.15) is 12.2 Å². The zero-order chi connectivity index (χ0) is 19.5. The fraction of sp³-hybridized carbons (Fsp3) is 0.143. The number of nitrogens with zero attached hydrogens (tertiary/aromatic N) is 1. The lowest BCUT2D eigenvalue weighted by molar-refractivity contribution is -0.147. The summed E-state index contributed by atoms with van der Waals surface area (Å²) in [5.41, 5.74) is 1.44. The van der Waals surface area contributed by atoms with Gasteiger partial charge in [0.1, 0.15) is 5.76 Å². The number of hydrogen-bond acceptors (Lipinski definition) is 5. The van der Waals surface area contributed by atoms with Gasteiger partial charge in [-0.2, -0.15) is 0 Å². The van der Waals surface area contributed by atoms with Crippen LogP contribution in [0.5, 0.6) is 0 Å². The molecule has 3 aromatic rings. The Labute approximate surface area is 171 Å². The largest absolute Gasteiger partial charge is 0.469 e. The summed E-state index contributed by atoms with van der Waals surface area (Å²) in [5, 5.41) is 0.534. The smallest absolute Gasteiger partial charge is 0.306 e. The maximum Gasteiger partial charge on any atom is 0.306 e. The zero-order valence-corrected chi connectivity index (χ0v) is 16.3. The maximum absolute atomic E-state index is 13.0. The topological polar surface area (TPSA) is 59.8 Å². The molecule has 142 valence electrons. The van der Waals surface area contributed by atoms with Gasteiger partial charge in [0.25, 0.3) is 5.91 Å². The first-order valence-electron chi connectivity index (χ1n) is 8.69. The lowest BCUT2D eigenvalue weighted by Crippen LogP contribution is -2.32. The van der Waals surface area contributed by atoms with Gasteiger partial charge in [0.2, 0.25) is 0 Å². The van der Waals surface area contributed by atoms with E-state index in [1.165, 1.54) is 0 Å². The minimum atomic E-state index is -0.448. The Hall–Kier alpha value is -2.70. The van der Waals surface area contributed by atoms with E-state index in [0.717, 1.165) is 15.5 Å². The molecule has 0 atom stereocenters. The number of halogens is 1. The Kier molecular flexibility index (Phi) is 5.41. The second-order valence-corrected chi connectivity index (χ2v) is 7.67. The van der Waals surface area contributed by atoms with Crippen LogP contribution in [0.25, 0.3) is 0 Å². The van der Waals surface area contributed by atoms with Gasteiger partial charge >= 0.3 is 5.97 Å². The average Bonchev–Trinajstić information content (AvgIpc) is 3.22. The van der Waals surface area contributed by atoms with Crippen LogP contribution in [0.3, 0.4) is 0 Å². The van der Waals surface area contributed by atoms with Gasteiger partial charge in [-0.05, 0) is 42.5 Å². The highest BCUT2D eigenvalue weighted by atomic mass is 35.5. The molecular formula is C21H16ClNO4S. The van der Waals surface area contributed by atoms with E-state index in [-0.39, 0.29) is 18.9 Å². The first-order chi connectivity index (χ1) is 13.6. The number of rotatable bonds is 5. The normalized spacial score (nSPS) is 12.2. The molecule has 0 N–H and O–H groups in total. The number of carbonyl (C=O) groups is 2. The van der Waals surface area contributed by atoms with Crippen molar-refractivity contribution in [3.05, 3.63) is 71.6 Å². The van der Waals surface area contributed by atoms with Gasteiger partial charge in [-0.1, -0.05) is 35.5 Å². The quantitative estimate of drug-likeness (QED) is 0.535. The lowest BCUT2D eigenvalue weighted by atomic mass is 10.2. The van der Waals surface area contributed by atoms with E-state index in [9.17, 15) is 9.59 Å². The van der Waals surface area contributed by atoms with Crippen molar-refractivity contribution in [2.75, 3.05) is 11.5 Å². The summed E-state index contributed by atoms with van der Waals surface area (Å²) >= 11 is 7.72. The van der Waals surface area contributed by atoms with Gasteiger partial charge < -0.3 is 9.15 Å². The maximum atomic E-state index is 13.0. The summed E-state index contributed by atoms with van der Waals surface area (Å²) < 4.78 is 10.4. The molecule has 1 aliphatic heterocycles. The van der Waals surface area contributed by atoms with Gasteiger partial charge in [-0.15, -0.1) is 0 Å².